The van der Waals surface area contributed by atoms with Crippen molar-refractivity contribution in [2.75, 3.05) is 0 Å². The number of rotatable bonds is 6. The summed E-state index contributed by atoms with van der Waals surface area (Å²) in [5.74, 6) is 0.768. The van der Waals surface area contributed by atoms with Gasteiger partial charge < -0.3 is 9.52 Å². The largest absolute Gasteiger partial charge is 0.462 e. The molecule has 5 nitrogen and oxygen atoms in total. The van der Waals surface area contributed by atoms with Crippen LogP contribution in [0.2, 0.25) is 0 Å². The maximum atomic E-state index is 12.2. The molecular weight excluding hydrogens is 254 g/mol. The molecule has 0 radical (unpaired) electrons. The quantitative estimate of drug-likeness (QED) is 0.829. The molecule has 0 saturated carbocycles. The Morgan fingerprint density at radius 1 is 1.44 bits per heavy atom. The van der Waals surface area contributed by atoms with Gasteiger partial charge in [0.25, 0.3) is 0 Å². The van der Waals surface area contributed by atoms with Crippen molar-refractivity contribution in [3.05, 3.63) is 17.6 Å². The van der Waals surface area contributed by atoms with Crippen molar-refractivity contribution in [2.45, 2.75) is 51.7 Å². The minimum Gasteiger partial charge on any atom is -0.462 e. The zero-order valence-corrected chi connectivity index (χ0v) is 12.0. The Morgan fingerprint density at radius 3 is 2.44 bits per heavy atom. The van der Waals surface area contributed by atoms with E-state index >= 15 is 0 Å². The van der Waals surface area contributed by atoms with E-state index in [9.17, 15) is 8.42 Å². The predicted octanol–water partition coefficient (Wildman–Crippen LogP) is 1.79. The molecule has 1 atom stereocenters. The first kappa shape index (κ1) is 15.2. The van der Waals surface area contributed by atoms with Gasteiger partial charge in [0, 0.05) is 12.1 Å². The first-order valence-electron chi connectivity index (χ1n) is 6.04. The number of aliphatic hydroxyl groups excluding tert-OH is 1. The molecule has 0 aliphatic rings. The number of sulfonamides is 1. The third kappa shape index (κ3) is 3.34. The van der Waals surface area contributed by atoms with Crippen molar-refractivity contribution in [3.63, 3.8) is 0 Å². The van der Waals surface area contributed by atoms with Gasteiger partial charge in [-0.25, -0.2) is 13.1 Å². The highest BCUT2D eigenvalue weighted by atomic mass is 32.2. The fraction of sp³-hybridized carbons (Fsp3) is 0.667. The molecule has 0 spiro atoms. The summed E-state index contributed by atoms with van der Waals surface area (Å²) in [6.07, 6.45) is 0.723. The average molecular weight is 275 g/mol. The lowest BCUT2D eigenvalue weighted by atomic mass is 10.0. The number of hydrogen-bond donors (Lipinski definition) is 2. The van der Waals surface area contributed by atoms with E-state index in [1.807, 2.05) is 20.8 Å². The molecule has 1 aromatic rings. The molecule has 0 fully saturated rings. The Morgan fingerprint density at radius 2 is 2.06 bits per heavy atom. The number of hydrogen-bond acceptors (Lipinski definition) is 4. The lowest BCUT2D eigenvalue weighted by molar-refractivity contribution is 0.244. The summed E-state index contributed by atoms with van der Waals surface area (Å²) in [6.45, 7) is 7.15. The van der Waals surface area contributed by atoms with Crippen molar-refractivity contribution < 1.29 is 17.9 Å². The topological polar surface area (TPSA) is 79.5 Å². The van der Waals surface area contributed by atoms with Crippen molar-refractivity contribution in [1.82, 2.24) is 4.72 Å². The molecule has 0 saturated heterocycles. The summed E-state index contributed by atoms with van der Waals surface area (Å²) in [5.41, 5.74) is 0. The van der Waals surface area contributed by atoms with Crippen molar-refractivity contribution >= 4 is 10.0 Å². The van der Waals surface area contributed by atoms with E-state index in [-0.39, 0.29) is 29.2 Å². The number of aryl methyl sites for hydroxylation is 1. The summed E-state index contributed by atoms with van der Waals surface area (Å²) in [4.78, 5) is 0.102. The summed E-state index contributed by atoms with van der Waals surface area (Å²) in [6, 6.07) is 1.26. The molecule has 1 heterocycles. The van der Waals surface area contributed by atoms with Crippen LogP contribution in [0.15, 0.2) is 15.4 Å². The molecule has 18 heavy (non-hydrogen) atoms. The zero-order chi connectivity index (χ0) is 13.9. The second-order valence-corrected chi connectivity index (χ2v) is 6.35. The molecule has 1 rings (SSSR count). The molecule has 0 amide bonds. The van der Waals surface area contributed by atoms with E-state index < -0.39 is 10.0 Å². The summed E-state index contributed by atoms with van der Waals surface area (Å²) < 4.78 is 32.2. The Labute approximate surface area is 108 Å². The third-order valence-corrected chi connectivity index (χ3v) is 4.52. The molecule has 0 aromatic carbocycles. The van der Waals surface area contributed by atoms with Gasteiger partial charge in [-0.1, -0.05) is 20.8 Å². The SMILES string of the molecule is CCC(NS(=O)(=O)c1cc(CO)oc1C)C(C)C. The lowest BCUT2D eigenvalue weighted by Gasteiger charge is -2.20. The lowest BCUT2D eigenvalue weighted by Crippen LogP contribution is -2.38. The summed E-state index contributed by atoms with van der Waals surface area (Å²) in [5, 5.41) is 8.95. The minimum absolute atomic E-state index is 0.102. The molecule has 0 aliphatic carbocycles. The van der Waals surface area contributed by atoms with E-state index in [0.29, 0.717) is 5.76 Å². The van der Waals surface area contributed by atoms with E-state index in [2.05, 4.69) is 4.72 Å². The monoisotopic (exact) mass is 275 g/mol. The highest BCUT2D eigenvalue weighted by Gasteiger charge is 2.25. The van der Waals surface area contributed by atoms with Crippen molar-refractivity contribution in [1.29, 1.82) is 0 Å². The highest BCUT2D eigenvalue weighted by Crippen LogP contribution is 2.21. The van der Waals surface area contributed by atoms with Crippen LogP contribution in [0.25, 0.3) is 0 Å². The van der Waals surface area contributed by atoms with Gasteiger partial charge in [0.05, 0.1) is 0 Å². The van der Waals surface area contributed by atoms with Gasteiger partial charge in [-0.15, -0.1) is 0 Å². The minimum atomic E-state index is -3.59. The van der Waals surface area contributed by atoms with E-state index in [4.69, 9.17) is 9.52 Å². The predicted molar refractivity (Wildman–Crippen MR) is 68.6 cm³/mol. The second-order valence-electron chi connectivity index (χ2n) is 4.67. The van der Waals surface area contributed by atoms with Crippen molar-refractivity contribution in [2.24, 2.45) is 5.92 Å². The molecule has 0 bridgehead atoms. The van der Waals surface area contributed by atoms with Crippen LogP contribution in [0.5, 0.6) is 0 Å². The second kappa shape index (κ2) is 5.86. The number of aliphatic hydroxyl groups is 1. The Balaban J connectivity index is 3.02. The van der Waals surface area contributed by atoms with Gasteiger partial charge in [0.2, 0.25) is 10.0 Å². The van der Waals surface area contributed by atoms with Gasteiger partial charge in [0.15, 0.2) is 0 Å². The van der Waals surface area contributed by atoms with E-state index in [1.165, 1.54) is 6.07 Å². The number of nitrogens with one attached hydrogen (secondary N) is 1. The van der Waals surface area contributed by atoms with Crippen LogP contribution < -0.4 is 4.72 Å². The smallest absolute Gasteiger partial charge is 0.244 e. The van der Waals surface area contributed by atoms with Gasteiger partial charge >= 0.3 is 0 Å². The molecule has 0 aliphatic heterocycles. The molecule has 104 valence electrons. The maximum absolute atomic E-state index is 12.2. The normalized spacial score (nSPS) is 14.1. The fourth-order valence-electron chi connectivity index (χ4n) is 1.82. The molecule has 1 unspecified atom stereocenters. The van der Waals surface area contributed by atoms with Gasteiger partial charge in [0.1, 0.15) is 23.0 Å². The standard InChI is InChI=1S/C12H21NO4S/c1-5-11(8(2)3)13-18(15,16)12-6-10(7-14)17-9(12)4/h6,8,11,13-14H,5,7H2,1-4H3. The van der Waals surface area contributed by atoms with Crippen LogP contribution >= 0.6 is 0 Å². The Kier molecular flexibility index (Phi) is 4.95. The van der Waals surface area contributed by atoms with Crippen molar-refractivity contribution in [3.8, 4) is 0 Å². The van der Waals surface area contributed by atoms with Crippen LogP contribution in [-0.4, -0.2) is 19.6 Å². The van der Waals surface area contributed by atoms with Crippen LogP contribution in [0, 0.1) is 12.8 Å². The molecule has 1 aromatic heterocycles. The van der Waals surface area contributed by atoms with Crippen LogP contribution in [0.1, 0.15) is 38.7 Å². The Bertz CT molecular complexity index is 490. The maximum Gasteiger partial charge on any atom is 0.244 e. The van der Waals surface area contributed by atoms with E-state index in [1.54, 1.807) is 6.92 Å². The molecular formula is C12H21NO4S. The van der Waals surface area contributed by atoms with Gasteiger partial charge in [-0.05, 0) is 19.3 Å². The first-order valence-corrected chi connectivity index (χ1v) is 7.52. The van der Waals surface area contributed by atoms with E-state index in [0.717, 1.165) is 6.42 Å². The molecule has 6 heteroatoms. The van der Waals surface area contributed by atoms with Gasteiger partial charge in [-0.2, -0.15) is 0 Å². The van der Waals surface area contributed by atoms with Gasteiger partial charge in [-0.3, -0.25) is 0 Å². The van der Waals surface area contributed by atoms with Crippen LogP contribution in [0.4, 0.5) is 0 Å². The zero-order valence-electron chi connectivity index (χ0n) is 11.2. The highest BCUT2D eigenvalue weighted by molar-refractivity contribution is 7.89. The number of furan rings is 1. The third-order valence-electron chi connectivity index (χ3n) is 2.92. The van der Waals surface area contributed by atoms with Crippen LogP contribution in [-0.2, 0) is 16.6 Å². The van der Waals surface area contributed by atoms with Crippen LogP contribution in [0.3, 0.4) is 0 Å². The summed E-state index contributed by atoms with van der Waals surface area (Å²) in [7, 11) is -3.59. The summed E-state index contributed by atoms with van der Waals surface area (Å²) >= 11 is 0. The molecule has 2 N–H and O–H groups in total. The average Bonchev–Trinajstić information content (AvgIpc) is 2.68. The Hall–Kier alpha value is -0.850. The fourth-order valence-corrected chi connectivity index (χ4v) is 3.49. The first-order chi connectivity index (χ1) is 8.31.